The van der Waals surface area contributed by atoms with Gasteiger partial charge in [0.1, 0.15) is 0 Å². The minimum Gasteiger partial charge on any atom is -0.450 e. The average Bonchev–Trinajstić information content (AvgIpc) is 3.17. The van der Waals surface area contributed by atoms with E-state index in [4.69, 9.17) is 4.74 Å². The molecule has 3 atom stereocenters. The summed E-state index contributed by atoms with van der Waals surface area (Å²) in [6.45, 7) is 8.77. The van der Waals surface area contributed by atoms with Gasteiger partial charge in [0.15, 0.2) is 0 Å². The van der Waals surface area contributed by atoms with Gasteiger partial charge < -0.3 is 24.8 Å². The summed E-state index contributed by atoms with van der Waals surface area (Å²) in [7, 11) is 0. The second kappa shape index (κ2) is 10.4. The van der Waals surface area contributed by atoms with Crippen LogP contribution in [0.5, 0.6) is 0 Å². The first-order valence-electron chi connectivity index (χ1n) is 13.8. The van der Waals surface area contributed by atoms with Gasteiger partial charge in [0.05, 0.1) is 6.61 Å². The Balaban J connectivity index is 1.28. The number of benzene rings is 1. The normalized spacial score (nSPS) is 27.9. The quantitative estimate of drug-likeness (QED) is 0.686. The molecule has 1 spiro atoms. The molecule has 3 unspecified atom stereocenters. The number of nitrogens with zero attached hydrogens (tertiary/aromatic N) is 3. The molecule has 3 amide bonds. The third kappa shape index (κ3) is 4.76. The maximum atomic E-state index is 12.9. The molecule has 0 radical (unpaired) electrons. The number of piperidine rings is 1. The summed E-state index contributed by atoms with van der Waals surface area (Å²) in [5.41, 5.74) is 2.79. The van der Waals surface area contributed by atoms with Crippen LogP contribution in [0.4, 0.5) is 9.59 Å². The molecule has 3 fully saturated rings. The Labute approximate surface area is 210 Å². The first-order chi connectivity index (χ1) is 17.0. The molecular weight excluding hydrogens is 440 g/mol. The monoisotopic (exact) mass is 482 g/mol. The molecule has 7 nitrogen and oxygen atoms in total. The predicted octanol–water partition coefficient (Wildman–Crippen LogP) is 4.50. The number of amides is 3. The van der Waals surface area contributed by atoms with Crippen LogP contribution in [0.25, 0.3) is 0 Å². The van der Waals surface area contributed by atoms with E-state index < -0.39 is 0 Å². The summed E-state index contributed by atoms with van der Waals surface area (Å²) < 4.78 is 5.40. The van der Waals surface area contributed by atoms with Crippen LogP contribution in [-0.4, -0.2) is 77.7 Å². The van der Waals surface area contributed by atoms with Gasteiger partial charge in [0.2, 0.25) is 0 Å². The molecule has 1 N–H and O–H groups in total. The van der Waals surface area contributed by atoms with E-state index >= 15 is 0 Å². The summed E-state index contributed by atoms with van der Waals surface area (Å²) in [5.74, 6) is 0. The fraction of sp³-hybridized carbons (Fsp3) is 0.714. The van der Waals surface area contributed by atoms with Crippen LogP contribution in [0.3, 0.4) is 0 Å². The van der Waals surface area contributed by atoms with E-state index in [9.17, 15) is 9.59 Å². The van der Waals surface area contributed by atoms with Crippen molar-refractivity contribution in [2.75, 3.05) is 32.8 Å². The highest BCUT2D eigenvalue weighted by Gasteiger charge is 2.46. The second-order valence-corrected chi connectivity index (χ2v) is 11.0. The fourth-order valence-corrected chi connectivity index (χ4v) is 7.24. The van der Waals surface area contributed by atoms with Gasteiger partial charge in [-0.2, -0.15) is 0 Å². The molecule has 3 saturated heterocycles. The molecule has 4 aliphatic heterocycles. The summed E-state index contributed by atoms with van der Waals surface area (Å²) in [6, 6.07) is 10.0. The van der Waals surface area contributed by atoms with Gasteiger partial charge in [-0.1, -0.05) is 31.2 Å². The molecule has 1 aromatic carbocycles. The van der Waals surface area contributed by atoms with Gasteiger partial charge in [0, 0.05) is 43.2 Å². The first kappa shape index (κ1) is 24.4. The van der Waals surface area contributed by atoms with Gasteiger partial charge in [-0.25, -0.2) is 9.59 Å². The molecule has 2 bridgehead atoms. The molecule has 192 valence electrons. The van der Waals surface area contributed by atoms with Crippen molar-refractivity contribution in [2.24, 2.45) is 0 Å². The molecule has 7 heteroatoms. The Morgan fingerprint density at radius 1 is 1.03 bits per heavy atom. The summed E-state index contributed by atoms with van der Waals surface area (Å²) in [5, 5.41) is 3.09. The summed E-state index contributed by atoms with van der Waals surface area (Å²) >= 11 is 0. The van der Waals surface area contributed by atoms with Crippen LogP contribution in [0.15, 0.2) is 24.3 Å². The highest BCUT2D eigenvalue weighted by atomic mass is 16.6. The highest BCUT2D eigenvalue weighted by molar-refractivity contribution is 5.75. The van der Waals surface area contributed by atoms with Crippen molar-refractivity contribution >= 4 is 12.1 Å². The maximum absolute atomic E-state index is 12.9. The smallest absolute Gasteiger partial charge is 0.410 e. The lowest BCUT2D eigenvalue weighted by Gasteiger charge is -2.50. The summed E-state index contributed by atoms with van der Waals surface area (Å²) in [4.78, 5) is 32.3. The van der Waals surface area contributed by atoms with Crippen LogP contribution in [0.2, 0.25) is 0 Å². The lowest BCUT2D eigenvalue weighted by Crippen LogP contribution is -2.56. The number of hydrogen-bond donors (Lipinski definition) is 1. The standard InChI is InChI=1S/C28H42N4O3/c1-3-15-29-26(33)31-19-21-7-5-6-8-25(21)28(20-31)13-16-30(17-14-28)23-11-9-22-10-12-24(18-23)32(22)27(34)35-4-2/h5-8,22-24H,3-4,9-20H2,1-2H3,(H,29,33). The third-order valence-electron chi connectivity index (χ3n) is 9.00. The van der Waals surface area contributed by atoms with E-state index in [1.165, 1.54) is 11.1 Å². The first-order valence-corrected chi connectivity index (χ1v) is 13.8. The van der Waals surface area contributed by atoms with E-state index in [2.05, 4.69) is 46.3 Å². The number of fused-ring (bicyclic) bond motifs is 4. The maximum Gasteiger partial charge on any atom is 0.410 e. The molecule has 1 aromatic rings. The molecule has 4 aliphatic rings. The molecule has 4 heterocycles. The Bertz CT molecular complexity index is 913. The van der Waals surface area contributed by atoms with E-state index in [0.29, 0.717) is 31.3 Å². The molecule has 0 saturated carbocycles. The van der Waals surface area contributed by atoms with Crippen LogP contribution in [0, 0.1) is 0 Å². The number of urea groups is 1. The van der Waals surface area contributed by atoms with Gasteiger partial charge in [-0.15, -0.1) is 0 Å². The van der Waals surface area contributed by atoms with Crippen molar-refractivity contribution in [3.8, 4) is 0 Å². The third-order valence-corrected chi connectivity index (χ3v) is 9.00. The van der Waals surface area contributed by atoms with Gasteiger partial charge >= 0.3 is 12.1 Å². The van der Waals surface area contributed by atoms with Gasteiger partial charge in [-0.3, -0.25) is 0 Å². The zero-order valence-corrected chi connectivity index (χ0v) is 21.5. The van der Waals surface area contributed by atoms with E-state index in [0.717, 1.165) is 77.5 Å². The van der Waals surface area contributed by atoms with Crippen molar-refractivity contribution in [1.82, 2.24) is 20.0 Å². The second-order valence-electron chi connectivity index (χ2n) is 11.0. The minimum absolute atomic E-state index is 0.0373. The minimum atomic E-state index is -0.112. The van der Waals surface area contributed by atoms with E-state index in [1.807, 2.05) is 11.8 Å². The molecule has 35 heavy (non-hydrogen) atoms. The fourth-order valence-electron chi connectivity index (χ4n) is 7.24. The van der Waals surface area contributed by atoms with Crippen LogP contribution in [-0.2, 0) is 16.7 Å². The number of carbonyl (C=O) groups excluding carboxylic acids is 2. The van der Waals surface area contributed by atoms with Crippen molar-refractivity contribution < 1.29 is 14.3 Å². The van der Waals surface area contributed by atoms with Gasteiger partial charge in [-0.05, 0) is 82.5 Å². The largest absolute Gasteiger partial charge is 0.450 e. The zero-order valence-electron chi connectivity index (χ0n) is 21.5. The Morgan fingerprint density at radius 2 is 1.74 bits per heavy atom. The van der Waals surface area contributed by atoms with Crippen LogP contribution >= 0.6 is 0 Å². The van der Waals surface area contributed by atoms with Crippen LogP contribution in [0.1, 0.15) is 76.3 Å². The Morgan fingerprint density at radius 3 is 2.49 bits per heavy atom. The molecule has 0 aromatic heterocycles. The number of likely N-dealkylation sites (tertiary alicyclic amines) is 1. The predicted molar refractivity (Wildman–Crippen MR) is 136 cm³/mol. The number of hydrogen-bond acceptors (Lipinski definition) is 4. The number of ether oxygens (including phenoxy) is 1. The SMILES string of the molecule is CCCNC(=O)N1Cc2ccccc2C2(CCN(C3CCC4CCC(C3)N4C(=O)OCC)CC2)C1. The van der Waals surface area contributed by atoms with Crippen molar-refractivity contribution in [1.29, 1.82) is 0 Å². The molecular formula is C28H42N4O3. The molecule has 5 rings (SSSR count). The lowest BCUT2D eigenvalue weighted by molar-refractivity contribution is 0.0686. The molecule has 0 aliphatic carbocycles. The number of nitrogens with one attached hydrogen (secondary N) is 1. The van der Waals surface area contributed by atoms with Crippen molar-refractivity contribution in [2.45, 2.75) is 95.3 Å². The summed E-state index contributed by atoms with van der Waals surface area (Å²) in [6.07, 6.45) is 8.51. The topological polar surface area (TPSA) is 65.1 Å². The van der Waals surface area contributed by atoms with Gasteiger partial charge in [0.25, 0.3) is 0 Å². The number of rotatable bonds is 4. The van der Waals surface area contributed by atoms with Crippen LogP contribution < -0.4 is 5.32 Å². The lowest BCUT2D eigenvalue weighted by atomic mass is 9.68. The zero-order chi connectivity index (χ0) is 24.4. The van der Waals surface area contributed by atoms with Crippen molar-refractivity contribution in [3.63, 3.8) is 0 Å². The Kier molecular flexibility index (Phi) is 7.24. The highest BCUT2D eigenvalue weighted by Crippen LogP contribution is 2.44. The number of carbonyl (C=O) groups is 2. The van der Waals surface area contributed by atoms with E-state index in [1.54, 1.807) is 0 Å². The van der Waals surface area contributed by atoms with E-state index in [-0.39, 0.29) is 17.5 Å². The Hall–Kier alpha value is -2.28. The van der Waals surface area contributed by atoms with Crippen molar-refractivity contribution in [3.05, 3.63) is 35.4 Å². The average molecular weight is 483 g/mol.